The summed E-state index contributed by atoms with van der Waals surface area (Å²) in [7, 11) is -2.06. The van der Waals surface area contributed by atoms with Crippen LogP contribution in [0.25, 0.3) is 0 Å². The van der Waals surface area contributed by atoms with Crippen LogP contribution in [-0.2, 0) is 17.1 Å². The number of β-amino-alcohol motifs (C(OH)–C–C–N with tert-alkyl or cyclic N) is 1. The van der Waals surface area contributed by atoms with Gasteiger partial charge >= 0.3 is 0 Å². The topological polar surface area (TPSA) is 113 Å². The number of hydrogen-bond donors (Lipinski definition) is 2. The van der Waals surface area contributed by atoms with Crippen molar-refractivity contribution in [1.29, 1.82) is 0 Å². The molecule has 3 rings (SSSR count). The van der Waals surface area contributed by atoms with Crippen molar-refractivity contribution in [1.82, 2.24) is 24.5 Å². The van der Waals surface area contributed by atoms with Crippen LogP contribution in [0.2, 0.25) is 0 Å². The monoisotopic (exact) mass is 352 g/mol. The van der Waals surface area contributed by atoms with E-state index < -0.39 is 15.6 Å². The molecule has 2 aromatic heterocycles. The Balaban J connectivity index is 1.67. The minimum atomic E-state index is -3.72. The van der Waals surface area contributed by atoms with Crippen molar-refractivity contribution in [2.45, 2.75) is 23.8 Å². The second-order valence-electron chi connectivity index (χ2n) is 6.02. The van der Waals surface area contributed by atoms with Crippen molar-refractivity contribution in [3.8, 4) is 0 Å². The van der Waals surface area contributed by atoms with Gasteiger partial charge in [-0.15, -0.1) is 0 Å². The first kappa shape index (κ1) is 16.8. The van der Waals surface area contributed by atoms with Crippen molar-refractivity contribution in [2.24, 2.45) is 7.05 Å². The molecule has 3 heterocycles. The van der Waals surface area contributed by atoms with Gasteiger partial charge in [-0.1, -0.05) is 0 Å². The molecule has 130 valence electrons. The summed E-state index contributed by atoms with van der Waals surface area (Å²) >= 11 is 0. The molecule has 9 nitrogen and oxygen atoms in total. The van der Waals surface area contributed by atoms with E-state index in [4.69, 9.17) is 0 Å². The van der Waals surface area contributed by atoms with Gasteiger partial charge in [0, 0.05) is 38.7 Å². The third-order valence-electron chi connectivity index (χ3n) is 4.02. The lowest BCUT2D eigenvalue weighted by Crippen LogP contribution is -2.45. The van der Waals surface area contributed by atoms with Crippen LogP contribution in [-0.4, -0.2) is 58.5 Å². The Morgan fingerprint density at radius 1 is 1.38 bits per heavy atom. The number of rotatable bonds is 5. The van der Waals surface area contributed by atoms with Gasteiger partial charge in [-0.25, -0.2) is 23.1 Å². The predicted octanol–water partition coefficient (Wildman–Crippen LogP) is -0.562. The lowest BCUT2D eigenvalue weighted by Gasteiger charge is -2.23. The molecule has 0 spiro atoms. The van der Waals surface area contributed by atoms with E-state index in [1.54, 1.807) is 32.4 Å². The summed E-state index contributed by atoms with van der Waals surface area (Å²) in [5.41, 5.74) is -0.745. The zero-order chi connectivity index (χ0) is 17.4. The smallest absolute Gasteiger partial charge is 0.244 e. The quantitative estimate of drug-likeness (QED) is 0.741. The van der Waals surface area contributed by atoms with Gasteiger partial charge in [0.2, 0.25) is 16.0 Å². The molecule has 0 saturated carbocycles. The predicted molar refractivity (Wildman–Crippen MR) is 86.9 cm³/mol. The Morgan fingerprint density at radius 2 is 2.08 bits per heavy atom. The van der Waals surface area contributed by atoms with E-state index in [1.807, 2.05) is 4.90 Å². The Morgan fingerprint density at radius 3 is 2.71 bits per heavy atom. The zero-order valence-electron chi connectivity index (χ0n) is 13.5. The molecule has 1 saturated heterocycles. The molecule has 10 heteroatoms. The molecule has 0 amide bonds. The Bertz CT molecular complexity index is 822. The third-order valence-corrected chi connectivity index (χ3v) is 5.52. The molecule has 0 unspecified atom stereocenters. The second-order valence-corrected chi connectivity index (χ2v) is 7.76. The molecule has 0 radical (unpaired) electrons. The van der Waals surface area contributed by atoms with Gasteiger partial charge in [-0.05, 0) is 19.4 Å². The van der Waals surface area contributed by atoms with Crippen LogP contribution in [0.4, 0.5) is 5.95 Å². The minimum Gasteiger partial charge on any atom is -0.387 e. The molecule has 24 heavy (non-hydrogen) atoms. The van der Waals surface area contributed by atoms with E-state index >= 15 is 0 Å². The maximum atomic E-state index is 12.4. The number of aromatic nitrogens is 4. The van der Waals surface area contributed by atoms with E-state index in [9.17, 15) is 13.5 Å². The van der Waals surface area contributed by atoms with E-state index in [2.05, 4.69) is 19.8 Å². The highest BCUT2D eigenvalue weighted by Crippen LogP contribution is 2.24. The number of nitrogens with one attached hydrogen (secondary N) is 1. The fraction of sp³-hybridized carbons (Fsp3) is 0.500. The van der Waals surface area contributed by atoms with Crippen molar-refractivity contribution in [2.75, 3.05) is 24.5 Å². The Labute approximate surface area is 140 Å². The number of aliphatic hydroxyl groups is 1. The minimum absolute atomic E-state index is 0.0764. The summed E-state index contributed by atoms with van der Waals surface area (Å²) < 4.78 is 28.7. The highest BCUT2D eigenvalue weighted by molar-refractivity contribution is 7.89. The van der Waals surface area contributed by atoms with Crippen LogP contribution in [0, 0.1) is 6.92 Å². The van der Waals surface area contributed by atoms with Gasteiger partial charge in [0.1, 0.15) is 4.90 Å². The lowest BCUT2D eigenvalue weighted by atomic mass is 10.0. The van der Waals surface area contributed by atoms with Crippen LogP contribution in [0.1, 0.15) is 12.1 Å². The summed E-state index contributed by atoms with van der Waals surface area (Å²) in [6, 6.07) is 1.72. The van der Waals surface area contributed by atoms with Crippen molar-refractivity contribution < 1.29 is 13.5 Å². The number of aryl methyl sites for hydroxylation is 2. The van der Waals surface area contributed by atoms with Gasteiger partial charge in [-0.2, -0.15) is 5.10 Å². The third kappa shape index (κ3) is 3.40. The molecule has 0 bridgehead atoms. The Kier molecular flexibility index (Phi) is 4.28. The van der Waals surface area contributed by atoms with Gasteiger partial charge in [0.25, 0.3) is 0 Å². The van der Waals surface area contributed by atoms with E-state index in [0.29, 0.717) is 24.6 Å². The SMILES string of the molecule is Cc1nn(C)cc1S(=O)(=O)NC[C@]1(O)CCN(c2ncccn2)C1. The highest BCUT2D eigenvalue weighted by atomic mass is 32.2. The molecule has 1 atom stereocenters. The second kappa shape index (κ2) is 6.11. The lowest BCUT2D eigenvalue weighted by molar-refractivity contribution is 0.0685. The number of nitrogens with zero attached hydrogens (tertiary/aromatic N) is 5. The maximum absolute atomic E-state index is 12.4. The van der Waals surface area contributed by atoms with Crippen LogP contribution in [0.15, 0.2) is 29.6 Å². The van der Waals surface area contributed by atoms with Gasteiger partial charge in [0.05, 0.1) is 17.8 Å². The molecule has 1 fully saturated rings. The van der Waals surface area contributed by atoms with Gasteiger partial charge in [0.15, 0.2) is 0 Å². The summed E-state index contributed by atoms with van der Waals surface area (Å²) in [5, 5.41) is 14.7. The van der Waals surface area contributed by atoms with Crippen LogP contribution < -0.4 is 9.62 Å². The molecule has 0 aliphatic carbocycles. The number of sulfonamides is 1. The molecule has 1 aliphatic rings. The fourth-order valence-electron chi connectivity index (χ4n) is 2.77. The normalized spacial score (nSPS) is 21.4. The van der Waals surface area contributed by atoms with Crippen LogP contribution >= 0.6 is 0 Å². The highest BCUT2D eigenvalue weighted by Gasteiger charge is 2.38. The molecule has 2 aromatic rings. The molecule has 2 N–H and O–H groups in total. The first-order valence-electron chi connectivity index (χ1n) is 7.53. The van der Waals surface area contributed by atoms with E-state index in [0.717, 1.165) is 0 Å². The molecule has 0 aromatic carbocycles. The van der Waals surface area contributed by atoms with Crippen LogP contribution in [0.3, 0.4) is 0 Å². The number of hydrogen-bond acceptors (Lipinski definition) is 7. The maximum Gasteiger partial charge on any atom is 0.244 e. The molecular formula is C14H20N6O3S. The Hall–Kier alpha value is -2.04. The first-order valence-corrected chi connectivity index (χ1v) is 9.02. The number of anilines is 1. The van der Waals surface area contributed by atoms with Crippen LogP contribution in [0.5, 0.6) is 0 Å². The van der Waals surface area contributed by atoms with Crippen molar-refractivity contribution >= 4 is 16.0 Å². The van der Waals surface area contributed by atoms with Crippen molar-refractivity contribution in [3.05, 3.63) is 30.4 Å². The first-order chi connectivity index (χ1) is 11.3. The average molecular weight is 352 g/mol. The molecular weight excluding hydrogens is 332 g/mol. The van der Waals surface area contributed by atoms with E-state index in [1.165, 1.54) is 10.9 Å². The summed E-state index contributed by atoms with van der Waals surface area (Å²) in [5.74, 6) is 0.527. The van der Waals surface area contributed by atoms with E-state index in [-0.39, 0.29) is 18.0 Å². The van der Waals surface area contributed by atoms with Gasteiger partial charge < -0.3 is 10.0 Å². The summed E-state index contributed by atoms with van der Waals surface area (Å²) in [4.78, 5) is 10.3. The largest absolute Gasteiger partial charge is 0.387 e. The standard InChI is InChI=1S/C14H20N6O3S/c1-11-12(8-19(2)18-11)24(22,23)17-9-14(21)4-7-20(10-14)13-15-5-3-6-16-13/h3,5-6,8,17,21H,4,7,9-10H2,1-2H3/t14-/m1/s1. The average Bonchev–Trinajstić information content (AvgIpc) is 3.10. The zero-order valence-corrected chi connectivity index (χ0v) is 14.4. The van der Waals surface area contributed by atoms with Crippen molar-refractivity contribution in [3.63, 3.8) is 0 Å². The van der Waals surface area contributed by atoms with Gasteiger partial charge in [-0.3, -0.25) is 4.68 Å². The summed E-state index contributed by atoms with van der Waals surface area (Å²) in [6.45, 7) is 2.39. The summed E-state index contributed by atoms with van der Waals surface area (Å²) in [6.07, 6.45) is 5.14. The fourth-order valence-corrected chi connectivity index (χ4v) is 4.11. The molecule has 1 aliphatic heterocycles.